The Hall–Kier alpha value is -4.23. The summed E-state index contributed by atoms with van der Waals surface area (Å²) in [6.07, 6.45) is 8.16. The molecule has 0 fully saturated rings. The molecule has 0 amide bonds. The van der Waals surface area contributed by atoms with Gasteiger partial charge in [-0.3, -0.25) is 4.79 Å². The van der Waals surface area contributed by atoms with Gasteiger partial charge in [0.2, 0.25) is 0 Å². The molecule has 1 unspecified atom stereocenters. The van der Waals surface area contributed by atoms with Crippen LogP contribution in [-0.4, -0.2) is 26.0 Å². The minimum Gasteiger partial charge on any atom is -0.622 e. The van der Waals surface area contributed by atoms with Crippen molar-refractivity contribution in [2.75, 3.05) is 18.0 Å². The molecule has 0 bridgehead atoms. The minimum absolute atomic E-state index is 0.343. The summed E-state index contributed by atoms with van der Waals surface area (Å²) in [5, 5.41) is 1.91. The lowest BCUT2D eigenvalue weighted by Crippen LogP contribution is -2.60. The van der Waals surface area contributed by atoms with Crippen LogP contribution in [-0.2, 0) is 9.31 Å². The largest absolute Gasteiger partial charge is 0.716 e. The summed E-state index contributed by atoms with van der Waals surface area (Å²) in [6, 6.07) is 27.6. The van der Waals surface area contributed by atoms with Crippen LogP contribution in [0.25, 0.3) is 16.8 Å². The Bertz CT molecular complexity index is 1560. The van der Waals surface area contributed by atoms with Gasteiger partial charge in [0.15, 0.2) is 0 Å². The fraction of sp³-hybridized carbons (Fsp3) is 0.265. The van der Waals surface area contributed by atoms with Crippen molar-refractivity contribution in [1.29, 1.82) is 0 Å². The maximum Gasteiger partial charge on any atom is 0.716 e. The highest BCUT2D eigenvalue weighted by molar-refractivity contribution is 6.59. The van der Waals surface area contributed by atoms with E-state index < -0.39 is 19.0 Å². The number of rotatable bonds is 9. The van der Waals surface area contributed by atoms with E-state index in [9.17, 15) is 4.79 Å². The zero-order valence-electron chi connectivity index (χ0n) is 23.6. The van der Waals surface area contributed by atoms with Gasteiger partial charge in [-0.05, 0) is 48.1 Å². The average Bonchev–Trinajstić information content (AvgIpc) is 3.00. The van der Waals surface area contributed by atoms with Gasteiger partial charge in [0.25, 0.3) is 0 Å². The first-order chi connectivity index (χ1) is 20.1. The quantitative estimate of drug-likeness (QED) is 0.197. The van der Waals surface area contributed by atoms with Gasteiger partial charge in [0.1, 0.15) is 0 Å². The summed E-state index contributed by atoms with van der Waals surface area (Å²) in [6.45, 7) is 3.71. The molecule has 6 nitrogen and oxygen atoms in total. The van der Waals surface area contributed by atoms with Crippen molar-refractivity contribution in [2.45, 2.75) is 45.6 Å². The molecule has 4 aromatic rings. The molecule has 2 atom stereocenters. The van der Waals surface area contributed by atoms with Crippen LogP contribution in [0.2, 0.25) is 0 Å². The Morgan fingerprint density at radius 2 is 1.54 bits per heavy atom. The Morgan fingerprint density at radius 3 is 2.32 bits per heavy atom. The highest BCUT2D eigenvalue weighted by atomic mass is 16.9. The number of nitrogens with zero attached hydrogens (tertiary/aromatic N) is 1. The molecular formula is C34H35BNO5-. The Kier molecular flexibility index (Phi) is 7.70. The first-order valence-corrected chi connectivity index (χ1v) is 14.6. The van der Waals surface area contributed by atoms with Crippen molar-refractivity contribution in [3.05, 3.63) is 108 Å². The van der Waals surface area contributed by atoms with E-state index in [0.717, 1.165) is 35.0 Å². The summed E-state index contributed by atoms with van der Waals surface area (Å²) in [5.74, 6) is 0.431. The second-order valence-electron chi connectivity index (χ2n) is 10.6. The number of benzene rings is 4. The van der Waals surface area contributed by atoms with Gasteiger partial charge < -0.3 is 23.5 Å². The monoisotopic (exact) mass is 548 g/mol. The van der Waals surface area contributed by atoms with Crippen LogP contribution in [0.1, 0.15) is 67.1 Å². The van der Waals surface area contributed by atoms with Crippen LogP contribution < -0.4 is 14.2 Å². The van der Waals surface area contributed by atoms with E-state index in [2.05, 4.69) is 43.0 Å². The first kappa shape index (κ1) is 27.0. The van der Waals surface area contributed by atoms with Crippen molar-refractivity contribution in [3.8, 4) is 11.5 Å². The summed E-state index contributed by atoms with van der Waals surface area (Å²) in [4.78, 5) is 15.4. The summed E-state index contributed by atoms with van der Waals surface area (Å²) in [7, 11) is 0. The number of fused-ring (bicyclic) bond motifs is 4. The molecule has 2 aliphatic heterocycles. The molecular weight excluding hydrogens is 513 g/mol. The summed E-state index contributed by atoms with van der Waals surface area (Å²) >= 11 is 0. The number of hydrogen-bond acceptors (Lipinski definition) is 6. The number of unbranched alkanes of at least 4 members (excludes halogenated alkanes) is 2. The minimum atomic E-state index is -2.88. The van der Waals surface area contributed by atoms with Gasteiger partial charge in [-0.15, -0.1) is 0 Å². The third-order valence-corrected chi connectivity index (χ3v) is 7.71. The van der Waals surface area contributed by atoms with Crippen LogP contribution >= 0.6 is 0 Å². The molecule has 0 saturated heterocycles. The van der Waals surface area contributed by atoms with Gasteiger partial charge in [0.05, 0.1) is 23.2 Å². The van der Waals surface area contributed by atoms with Crippen LogP contribution in [0.5, 0.6) is 11.5 Å². The number of carbonyl (C=O) groups excluding carboxylic acids is 1. The van der Waals surface area contributed by atoms with Crippen LogP contribution in [0.4, 0.5) is 5.69 Å². The van der Waals surface area contributed by atoms with Crippen molar-refractivity contribution >= 4 is 35.5 Å². The molecule has 0 N–H and O–H groups in total. The van der Waals surface area contributed by atoms with Crippen molar-refractivity contribution < 1.29 is 23.4 Å². The predicted octanol–water partition coefficient (Wildman–Crippen LogP) is 8.09. The second kappa shape index (κ2) is 11.7. The second-order valence-corrected chi connectivity index (χ2v) is 10.6. The highest BCUT2D eigenvalue weighted by Crippen LogP contribution is 2.45. The average molecular weight is 548 g/mol. The third-order valence-electron chi connectivity index (χ3n) is 7.71. The van der Waals surface area contributed by atoms with E-state index >= 15 is 0 Å². The highest BCUT2D eigenvalue weighted by Gasteiger charge is 2.50. The molecule has 4 aromatic carbocycles. The first-order valence-electron chi connectivity index (χ1n) is 14.6. The maximum absolute atomic E-state index is 13.0. The Morgan fingerprint density at radius 1 is 0.805 bits per heavy atom. The predicted molar refractivity (Wildman–Crippen MR) is 164 cm³/mol. The standard InChI is InChI=1S/C34H35BNO5/c1-3-5-23-36(24-6-4-2)27-19-15-25(16-20-27)17-22-32-29-21-18-26-11-7-8-12-28(26)33(29)40-35(39-32)38-31-14-10-9-13-30(31)34(37)41-35/h7-22,32H,3-6,23-24H2,1-2H3/q-1/b22-17+/t32-,35?/m0/s1. The number of carbonyl (C=O) groups is 1. The zero-order chi connectivity index (χ0) is 28.2. The van der Waals surface area contributed by atoms with Gasteiger partial charge in [-0.2, -0.15) is 0 Å². The lowest BCUT2D eigenvalue weighted by atomic mass is 9.91. The molecule has 7 heteroatoms. The molecule has 2 aliphatic rings. The topological polar surface area (TPSA) is 57.2 Å². The van der Waals surface area contributed by atoms with Gasteiger partial charge in [-0.1, -0.05) is 99.5 Å². The Balaban J connectivity index is 1.32. The molecule has 41 heavy (non-hydrogen) atoms. The van der Waals surface area contributed by atoms with Gasteiger partial charge >= 0.3 is 12.9 Å². The van der Waals surface area contributed by atoms with Crippen molar-refractivity contribution in [2.24, 2.45) is 0 Å². The van der Waals surface area contributed by atoms with Crippen LogP contribution in [0.3, 0.4) is 0 Å². The van der Waals surface area contributed by atoms with E-state index in [4.69, 9.17) is 18.6 Å². The van der Waals surface area contributed by atoms with E-state index in [1.807, 2.05) is 48.6 Å². The third kappa shape index (κ3) is 5.55. The maximum atomic E-state index is 13.0. The van der Waals surface area contributed by atoms with Gasteiger partial charge in [-0.25, -0.2) is 0 Å². The molecule has 0 saturated carbocycles. The van der Waals surface area contributed by atoms with E-state index in [1.54, 1.807) is 24.3 Å². The van der Waals surface area contributed by atoms with E-state index in [1.165, 1.54) is 31.4 Å². The lowest BCUT2D eigenvalue weighted by molar-refractivity contribution is 0.00442. The molecule has 2 heterocycles. The number of para-hydroxylation sites is 1. The van der Waals surface area contributed by atoms with E-state index in [0.29, 0.717) is 17.1 Å². The summed E-state index contributed by atoms with van der Waals surface area (Å²) < 4.78 is 24.6. The SMILES string of the molecule is CCCCN(CCCC)c1ccc(/C=C/[C@@H]2O[B-]3(OC(=O)c4ccccc4O3)Oc3c2ccc2ccccc32)cc1. The van der Waals surface area contributed by atoms with E-state index in [-0.39, 0.29) is 0 Å². The molecule has 210 valence electrons. The van der Waals surface area contributed by atoms with Gasteiger partial charge in [0, 0.05) is 29.7 Å². The fourth-order valence-corrected chi connectivity index (χ4v) is 5.47. The van der Waals surface area contributed by atoms with Crippen LogP contribution in [0.15, 0.2) is 91.0 Å². The Labute approximate surface area is 241 Å². The molecule has 1 spiro atoms. The molecule has 0 radical (unpaired) electrons. The number of hydrogen-bond donors (Lipinski definition) is 0. The molecule has 0 aliphatic carbocycles. The normalized spacial score (nSPS) is 19.4. The lowest BCUT2D eigenvalue weighted by Gasteiger charge is -2.49. The van der Waals surface area contributed by atoms with Crippen molar-refractivity contribution in [3.63, 3.8) is 0 Å². The number of anilines is 1. The smallest absolute Gasteiger partial charge is 0.622 e. The molecule has 0 aromatic heterocycles. The van der Waals surface area contributed by atoms with Crippen LogP contribution in [0, 0.1) is 0 Å². The molecule has 6 rings (SSSR count). The summed E-state index contributed by atoms with van der Waals surface area (Å²) in [5.41, 5.74) is 3.47. The zero-order valence-corrected chi connectivity index (χ0v) is 23.6. The fourth-order valence-electron chi connectivity index (χ4n) is 5.47. The van der Waals surface area contributed by atoms with Crippen molar-refractivity contribution in [1.82, 2.24) is 0 Å².